The summed E-state index contributed by atoms with van der Waals surface area (Å²) in [4.78, 5) is 10.6. The van der Waals surface area contributed by atoms with E-state index in [-0.39, 0.29) is 0 Å². The molecule has 0 spiro atoms. The van der Waals surface area contributed by atoms with Crippen molar-refractivity contribution in [3.63, 3.8) is 0 Å². The molecule has 1 rings (SSSR count). The Balaban J connectivity index is 2.92. The maximum atomic E-state index is 10.6. The van der Waals surface area contributed by atoms with E-state index in [9.17, 15) is 4.79 Å². The van der Waals surface area contributed by atoms with Crippen LogP contribution in [0.2, 0.25) is 0 Å². The molecule has 0 unspecified atom stereocenters. The summed E-state index contributed by atoms with van der Waals surface area (Å²) in [5.41, 5.74) is 0. The van der Waals surface area contributed by atoms with E-state index in [4.69, 9.17) is 4.42 Å². The molecular weight excluding hydrogens is 146 g/mol. The standard InChI is InChI=1S/C7H11NO3/c1-3-4-5-6(8-2)11-7(9)10-5/h8H,3-4H2,1-2H3. The Hall–Kier alpha value is -1.19. The molecule has 1 aromatic heterocycles. The topological polar surface area (TPSA) is 55.4 Å². The number of hydrogen-bond acceptors (Lipinski definition) is 4. The first kappa shape index (κ1) is 7.91. The van der Waals surface area contributed by atoms with Gasteiger partial charge in [-0.15, -0.1) is 0 Å². The Morgan fingerprint density at radius 2 is 2.18 bits per heavy atom. The van der Waals surface area contributed by atoms with Crippen LogP contribution in [0.3, 0.4) is 0 Å². The number of hydrogen-bond donors (Lipinski definition) is 1. The van der Waals surface area contributed by atoms with Crippen LogP contribution in [0.15, 0.2) is 13.6 Å². The number of aryl methyl sites for hydroxylation is 1. The lowest BCUT2D eigenvalue weighted by Gasteiger charge is -1.93. The molecule has 0 aliphatic heterocycles. The lowest BCUT2D eigenvalue weighted by molar-refractivity contribution is 0.376. The minimum absolute atomic E-state index is 0.442. The van der Waals surface area contributed by atoms with Crippen molar-refractivity contribution in [3.8, 4) is 0 Å². The van der Waals surface area contributed by atoms with Crippen LogP contribution in [-0.4, -0.2) is 7.05 Å². The molecule has 4 heteroatoms. The van der Waals surface area contributed by atoms with Crippen molar-refractivity contribution in [2.45, 2.75) is 19.8 Å². The Morgan fingerprint density at radius 1 is 1.45 bits per heavy atom. The minimum Gasteiger partial charge on any atom is -0.394 e. The van der Waals surface area contributed by atoms with Crippen molar-refractivity contribution in [1.82, 2.24) is 0 Å². The molecule has 1 heterocycles. The van der Waals surface area contributed by atoms with Crippen molar-refractivity contribution < 1.29 is 8.83 Å². The van der Waals surface area contributed by atoms with E-state index >= 15 is 0 Å². The number of nitrogens with one attached hydrogen (secondary N) is 1. The van der Waals surface area contributed by atoms with Crippen molar-refractivity contribution in [1.29, 1.82) is 0 Å². The molecule has 4 nitrogen and oxygen atoms in total. The fourth-order valence-corrected chi connectivity index (χ4v) is 0.890. The molecule has 11 heavy (non-hydrogen) atoms. The first-order chi connectivity index (χ1) is 5.27. The van der Waals surface area contributed by atoms with Gasteiger partial charge in [0.05, 0.1) is 0 Å². The molecule has 0 aliphatic rings. The molecule has 0 radical (unpaired) electrons. The lowest BCUT2D eigenvalue weighted by atomic mass is 10.3. The molecule has 0 saturated heterocycles. The average molecular weight is 157 g/mol. The van der Waals surface area contributed by atoms with E-state index in [1.807, 2.05) is 6.92 Å². The summed E-state index contributed by atoms with van der Waals surface area (Å²) >= 11 is 0. The third-order valence-corrected chi connectivity index (χ3v) is 1.35. The fraction of sp³-hybridized carbons (Fsp3) is 0.571. The van der Waals surface area contributed by atoms with Gasteiger partial charge in [0.15, 0.2) is 5.76 Å². The smallest absolute Gasteiger partial charge is 0.394 e. The highest BCUT2D eigenvalue weighted by Gasteiger charge is 2.08. The van der Waals surface area contributed by atoms with Gasteiger partial charge in [0.25, 0.3) is 0 Å². The second-order valence-corrected chi connectivity index (χ2v) is 2.21. The van der Waals surface area contributed by atoms with E-state index < -0.39 is 5.82 Å². The molecular formula is C7H11NO3. The van der Waals surface area contributed by atoms with Crippen molar-refractivity contribution >= 4 is 5.88 Å². The Bertz CT molecular complexity index is 273. The third-order valence-electron chi connectivity index (χ3n) is 1.35. The summed E-state index contributed by atoms with van der Waals surface area (Å²) in [5, 5.41) is 2.74. The van der Waals surface area contributed by atoms with Gasteiger partial charge in [-0.1, -0.05) is 6.92 Å². The largest absolute Gasteiger partial charge is 0.520 e. The highest BCUT2D eigenvalue weighted by molar-refractivity contribution is 5.32. The molecule has 0 aliphatic carbocycles. The summed E-state index contributed by atoms with van der Waals surface area (Å²) in [6, 6.07) is 0. The van der Waals surface area contributed by atoms with Gasteiger partial charge in [0.1, 0.15) is 0 Å². The maximum absolute atomic E-state index is 10.6. The van der Waals surface area contributed by atoms with Crippen molar-refractivity contribution in [3.05, 3.63) is 16.4 Å². The Kier molecular flexibility index (Phi) is 2.36. The van der Waals surface area contributed by atoms with Gasteiger partial charge >= 0.3 is 5.82 Å². The monoisotopic (exact) mass is 157 g/mol. The second-order valence-electron chi connectivity index (χ2n) is 2.21. The van der Waals surface area contributed by atoms with E-state index in [0.29, 0.717) is 11.6 Å². The van der Waals surface area contributed by atoms with Gasteiger partial charge in [0.2, 0.25) is 5.88 Å². The molecule has 1 aromatic rings. The maximum Gasteiger partial charge on any atom is 0.520 e. The molecule has 0 amide bonds. The zero-order chi connectivity index (χ0) is 8.27. The van der Waals surface area contributed by atoms with Crippen LogP contribution in [0.1, 0.15) is 19.1 Å². The van der Waals surface area contributed by atoms with E-state index in [0.717, 1.165) is 12.8 Å². The zero-order valence-electron chi connectivity index (χ0n) is 6.64. The molecule has 62 valence electrons. The van der Waals surface area contributed by atoms with Gasteiger partial charge in [0, 0.05) is 13.5 Å². The summed E-state index contributed by atoms with van der Waals surface area (Å²) < 4.78 is 9.44. The normalized spacial score (nSPS) is 10.0. The van der Waals surface area contributed by atoms with Crippen LogP contribution in [-0.2, 0) is 6.42 Å². The summed E-state index contributed by atoms with van der Waals surface area (Å²) in [6.07, 6.45) is 1.65. The highest BCUT2D eigenvalue weighted by Crippen LogP contribution is 2.13. The fourth-order valence-electron chi connectivity index (χ4n) is 0.890. The quantitative estimate of drug-likeness (QED) is 0.716. The first-order valence-corrected chi connectivity index (χ1v) is 3.58. The predicted octanol–water partition coefficient (Wildman–Crippen LogP) is 1.23. The third kappa shape index (κ3) is 1.63. The number of anilines is 1. The SMILES string of the molecule is CCCc1oc(=O)oc1NC. The van der Waals surface area contributed by atoms with Gasteiger partial charge in [-0.2, -0.15) is 0 Å². The van der Waals surface area contributed by atoms with Crippen LogP contribution in [0.5, 0.6) is 0 Å². The second kappa shape index (κ2) is 3.27. The van der Waals surface area contributed by atoms with Gasteiger partial charge < -0.3 is 14.2 Å². The van der Waals surface area contributed by atoms with Crippen LogP contribution >= 0.6 is 0 Å². The molecule has 1 N–H and O–H groups in total. The van der Waals surface area contributed by atoms with Gasteiger partial charge in [-0.3, -0.25) is 0 Å². The lowest BCUT2D eigenvalue weighted by Crippen LogP contribution is -1.90. The van der Waals surface area contributed by atoms with Crippen LogP contribution in [0.4, 0.5) is 5.88 Å². The van der Waals surface area contributed by atoms with E-state index in [2.05, 4.69) is 9.73 Å². The summed E-state index contributed by atoms with van der Waals surface area (Å²) in [6.45, 7) is 2.01. The summed E-state index contributed by atoms with van der Waals surface area (Å²) in [5.74, 6) is 0.398. The van der Waals surface area contributed by atoms with Crippen LogP contribution in [0.25, 0.3) is 0 Å². The highest BCUT2D eigenvalue weighted by atomic mass is 16.6. The summed E-state index contributed by atoms with van der Waals surface area (Å²) in [7, 11) is 1.69. The molecule has 0 saturated carbocycles. The zero-order valence-corrected chi connectivity index (χ0v) is 6.64. The van der Waals surface area contributed by atoms with Crippen molar-refractivity contribution in [2.24, 2.45) is 0 Å². The number of rotatable bonds is 3. The Labute approximate surface area is 64.2 Å². The minimum atomic E-state index is -0.641. The molecule has 0 bridgehead atoms. The van der Waals surface area contributed by atoms with E-state index in [1.165, 1.54) is 0 Å². The van der Waals surface area contributed by atoms with E-state index in [1.54, 1.807) is 7.05 Å². The average Bonchev–Trinajstić information content (AvgIpc) is 2.32. The first-order valence-electron chi connectivity index (χ1n) is 3.58. The van der Waals surface area contributed by atoms with Crippen LogP contribution < -0.4 is 11.1 Å². The Morgan fingerprint density at radius 3 is 2.73 bits per heavy atom. The van der Waals surface area contributed by atoms with Gasteiger partial charge in [-0.25, -0.2) is 4.79 Å². The molecule has 0 atom stereocenters. The van der Waals surface area contributed by atoms with Crippen molar-refractivity contribution in [2.75, 3.05) is 12.4 Å². The predicted molar refractivity (Wildman–Crippen MR) is 40.8 cm³/mol. The van der Waals surface area contributed by atoms with Crippen LogP contribution in [0, 0.1) is 0 Å². The van der Waals surface area contributed by atoms with Gasteiger partial charge in [-0.05, 0) is 6.42 Å². The molecule has 0 fully saturated rings. The molecule has 0 aromatic carbocycles.